The van der Waals surface area contributed by atoms with Gasteiger partial charge in [0.2, 0.25) is 0 Å². The smallest absolute Gasteiger partial charge is 0.0351 e. The molecule has 0 heteroatoms. The van der Waals surface area contributed by atoms with E-state index in [1.807, 2.05) is 0 Å². The predicted molar refractivity (Wildman–Crippen MR) is 57.1 cm³/mol. The van der Waals surface area contributed by atoms with Crippen LogP contribution in [0, 0.1) is 6.92 Å². The minimum atomic E-state index is 1.03. The summed E-state index contributed by atoms with van der Waals surface area (Å²) in [5.41, 5.74) is 0. The highest BCUT2D eigenvalue weighted by Gasteiger charge is 1.85. The second kappa shape index (κ2) is 10.7. The van der Waals surface area contributed by atoms with E-state index in [0.717, 1.165) is 12.8 Å². The van der Waals surface area contributed by atoms with Crippen LogP contribution in [-0.4, -0.2) is 0 Å². The Morgan fingerprint density at radius 1 is 0.917 bits per heavy atom. The first kappa shape index (κ1) is 11.7. The number of hydrogen-bond acceptors (Lipinski definition) is 0. The molecule has 0 fully saturated rings. The number of hydrogen-bond donors (Lipinski definition) is 0. The summed E-state index contributed by atoms with van der Waals surface area (Å²) >= 11 is 0. The fourth-order valence-corrected chi connectivity index (χ4v) is 1.22. The van der Waals surface area contributed by atoms with E-state index in [2.05, 4.69) is 26.0 Å². The first-order valence-corrected chi connectivity index (χ1v) is 5.36. The summed E-state index contributed by atoms with van der Waals surface area (Å²) in [6, 6.07) is 0. The highest BCUT2D eigenvalue weighted by atomic mass is 13.9. The number of rotatable bonds is 8. The molecule has 0 nitrogen and oxygen atoms in total. The largest absolute Gasteiger partial charge is 0.0885 e. The van der Waals surface area contributed by atoms with Crippen LogP contribution in [0.4, 0.5) is 0 Å². The lowest BCUT2D eigenvalue weighted by Gasteiger charge is -1.95. The van der Waals surface area contributed by atoms with Gasteiger partial charge in [-0.05, 0) is 25.7 Å². The van der Waals surface area contributed by atoms with Crippen molar-refractivity contribution in [2.24, 2.45) is 0 Å². The zero-order valence-corrected chi connectivity index (χ0v) is 8.52. The second-order valence-electron chi connectivity index (χ2n) is 3.32. The lowest BCUT2D eigenvalue weighted by atomic mass is 10.1. The zero-order chi connectivity index (χ0) is 9.07. The van der Waals surface area contributed by atoms with Crippen LogP contribution in [0.3, 0.4) is 0 Å². The third-order valence-corrected chi connectivity index (χ3v) is 2.01. The Morgan fingerprint density at radius 2 is 1.58 bits per heavy atom. The van der Waals surface area contributed by atoms with Crippen molar-refractivity contribution in [2.45, 2.75) is 58.3 Å². The van der Waals surface area contributed by atoms with Crippen LogP contribution in [0.2, 0.25) is 0 Å². The lowest BCUT2D eigenvalue weighted by molar-refractivity contribution is 0.637. The van der Waals surface area contributed by atoms with Crippen LogP contribution in [0.15, 0.2) is 12.2 Å². The van der Waals surface area contributed by atoms with Gasteiger partial charge in [0.15, 0.2) is 0 Å². The number of allylic oxidation sites excluding steroid dienone is 2. The molecule has 0 saturated heterocycles. The highest BCUT2D eigenvalue weighted by molar-refractivity contribution is 4.81. The molecule has 0 aromatic rings. The minimum absolute atomic E-state index is 1.03. The van der Waals surface area contributed by atoms with E-state index < -0.39 is 0 Å². The molecule has 0 atom stereocenters. The normalized spacial score (nSPS) is 11.2. The van der Waals surface area contributed by atoms with Gasteiger partial charge in [-0.1, -0.05) is 51.7 Å². The molecule has 71 valence electrons. The molecule has 0 N–H and O–H groups in total. The van der Waals surface area contributed by atoms with Crippen molar-refractivity contribution < 1.29 is 0 Å². The van der Waals surface area contributed by atoms with Crippen LogP contribution >= 0.6 is 0 Å². The molecular formula is C12H23. The Kier molecular flexibility index (Phi) is 10.5. The van der Waals surface area contributed by atoms with Gasteiger partial charge in [-0.2, -0.15) is 0 Å². The summed E-state index contributed by atoms with van der Waals surface area (Å²) in [7, 11) is 0. The maximum absolute atomic E-state index is 3.79. The molecular weight excluding hydrogens is 144 g/mol. The van der Waals surface area contributed by atoms with Crippen molar-refractivity contribution in [3.05, 3.63) is 19.1 Å². The van der Waals surface area contributed by atoms with Gasteiger partial charge >= 0.3 is 0 Å². The summed E-state index contributed by atoms with van der Waals surface area (Å²) in [5.74, 6) is 0. The molecule has 0 spiro atoms. The Morgan fingerprint density at radius 3 is 2.25 bits per heavy atom. The van der Waals surface area contributed by atoms with E-state index in [1.54, 1.807) is 0 Å². The zero-order valence-electron chi connectivity index (χ0n) is 8.52. The van der Waals surface area contributed by atoms with E-state index in [4.69, 9.17) is 0 Å². The molecule has 0 aliphatic rings. The van der Waals surface area contributed by atoms with Gasteiger partial charge in [-0.3, -0.25) is 0 Å². The minimum Gasteiger partial charge on any atom is -0.0885 e. The van der Waals surface area contributed by atoms with Gasteiger partial charge in [0.05, 0.1) is 0 Å². The van der Waals surface area contributed by atoms with Crippen molar-refractivity contribution >= 4 is 0 Å². The molecule has 0 heterocycles. The molecule has 0 aromatic carbocycles. The van der Waals surface area contributed by atoms with Gasteiger partial charge in [-0.15, -0.1) is 0 Å². The standard InChI is InChI=1S/C12H23/c1-3-5-7-9-11-12-10-8-6-4-2/h7,9H,1,3-6,8,10-12H2,2H3/b9-7-. The monoisotopic (exact) mass is 167 g/mol. The quantitative estimate of drug-likeness (QED) is 0.368. The van der Waals surface area contributed by atoms with Crippen LogP contribution in [0.1, 0.15) is 58.3 Å². The van der Waals surface area contributed by atoms with Crippen molar-refractivity contribution in [1.82, 2.24) is 0 Å². The van der Waals surface area contributed by atoms with E-state index >= 15 is 0 Å². The molecule has 0 bridgehead atoms. The van der Waals surface area contributed by atoms with Crippen molar-refractivity contribution in [3.63, 3.8) is 0 Å². The fraction of sp³-hybridized carbons (Fsp3) is 0.750. The van der Waals surface area contributed by atoms with Crippen LogP contribution in [-0.2, 0) is 0 Å². The molecule has 0 aliphatic carbocycles. The first-order valence-electron chi connectivity index (χ1n) is 5.36. The Labute approximate surface area is 78.1 Å². The maximum atomic E-state index is 3.79. The third kappa shape index (κ3) is 9.74. The van der Waals surface area contributed by atoms with Gasteiger partial charge < -0.3 is 0 Å². The number of unbranched alkanes of at least 4 members (excludes halogenated alkanes) is 6. The van der Waals surface area contributed by atoms with Crippen LogP contribution < -0.4 is 0 Å². The molecule has 0 aliphatic heterocycles. The first-order chi connectivity index (χ1) is 5.91. The molecule has 0 aromatic heterocycles. The Balaban J connectivity index is 2.90. The Bertz CT molecular complexity index is 92.2. The van der Waals surface area contributed by atoms with E-state index in [1.165, 1.54) is 38.5 Å². The van der Waals surface area contributed by atoms with Crippen LogP contribution in [0.25, 0.3) is 0 Å². The molecule has 0 amide bonds. The van der Waals surface area contributed by atoms with Crippen molar-refractivity contribution in [3.8, 4) is 0 Å². The SMILES string of the molecule is [CH2]CC/C=C\CCCCCCC. The average Bonchev–Trinajstić information content (AvgIpc) is 2.10. The van der Waals surface area contributed by atoms with Gasteiger partial charge in [0.1, 0.15) is 0 Å². The Hall–Kier alpha value is -0.260. The van der Waals surface area contributed by atoms with Gasteiger partial charge in [0, 0.05) is 0 Å². The van der Waals surface area contributed by atoms with E-state index in [9.17, 15) is 0 Å². The maximum Gasteiger partial charge on any atom is -0.0351 e. The highest BCUT2D eigenvalue weighted by Crippen LogP contribution is 2.05. The average molecular weight is 167 g/mol. The van der Waals surface area contributed by atoms with E-state index in [0.29, 0.717) is 0 Å². The van der Waals surface area contributed by atoms with Gasteiger partial charge in [0.25, 0.3) is 0 Å². The third-order valence-electron chi connectivity index (χ3n) is 2.01. The summed E-state index contributed by atoms with van der Waals surface area (Å²) in [5, 5.41) is 0. The molecule has 12 heavy (non-hydrogen) atoms. The molecule has 0 saturated carbocycles. The van der Waals surface area contributed by atoms with Crippen molar-refractivity contribution in [1.29, 1.82) is 0 Å². The second-order valence-corrected chi connectivity index (χ2v) is 3.32. The summed E-state index contributed by atoms with van der Waals surface area (Å²) in [6.45, 7) is 6.05. The van der Waals surface area contributed by atoms with Gasteiger partial charge in [-0.25, -0.2) is 0 Å². The predicted octanol–water partition coefficient (Wildman–Crippen LogP) is 4.52. The fourth-order valence-electron chi connectivity index (χ4n) is 1.22. The summed E-state index contributed by atoms with van der Waals surface area (Å²) in [4.78, 5) is 0. The van der Waals surface area contributed by atoms with Crippen molar-refractivity contribution in [2.75, 3.05) is 0 Å². The molecule has 0 rings (SSSR count). The molecule has 0 unspecified atom stereocenters. The summed E-state index contributed by atoms with van der Waals surface area (Å²) < 4.78 is 0. The lowest BCUT2D eigenvalue weighted by Crippen LogP contribution is -1.75. The topological polar surface area (TPSA) is 0 Å². The summed E-state index contributed by atoms with van der Waals surface area (Å²) in [6.07, 6.45) is 14.9. The van der Waals surface area contributed by atoms with Crippen LogP contribution in [0.5, 0.6) is 0 Å². The van der Waals surface area contributed by atoms with E-state index in [-0.39, 0.29) is 0 Å². The molecule has 1 radical (unpaired) electrons.